The van der Waals surface area contributed by atoms with E-state index >= 15 is 0 Å². The summed E-state index contributed by atoms with van der Waals surface area (Å²) in [6.07, 6.45) is 1.51. The number of benzene rings is 1. The monoisotopic (exact) mass is 432 g/mol. The number of hydrogen-bond donors (Lipinski definition) is 2. The summed E-state index contributed by atoms with van der Waals surface area (Å²) in [6, 6.07) is 2.80. The Morgan fingerprint density at radius 3 is 2.36 bits per heavy atom. The summed E-state index contributed by atoms with van der Waals surface area (Å²) in [4.78, 5) is 33.6. The first-order chi connectivity index (χ1) is 10.4. The lowest BCUT2D eigenvalue weighted by Gasteiger charge is -2.10. The van der Waals surface area contributed by atoms with Crippen LogP contribution in [0.4, 0.5) is 4.79 Å². The molecule has 0 atom stereocenters. The van der Waals surface area contributed by atoms with Crippen molar-refractivity contribution < 1.29 is 23.9 Å². The van der Waals surface area contributed by atoms with Gasteiger partial charge in [-0.2, -0.15) is 0 Å². The van der Waals surface area contributed by atoms with E-state index in [2.05, 4.69) is 47.2 Å². The van der Waals surface area contributed by atoms with Crippen LogP contribution in [0.5, 0.6) is 5.75 Å². The van der Waals surface area contributed by atoms with Gasteiger partial charge in [0.05, 0.1) is 16.1 Å². The van der Waals surface area contributed by atoms with Gasteiger partial charge in [0, 0.05) is 0 Å². The Bertz CT molecular complexity index is 664. The molecule has 2 rings (SSSR count). The summed E-state index contributed by atoms with van der Waals surface area (Å²) in [7, 11) is 1.27. The SMILES string of the molecule is COC(=O)COc1c(Br)cc(/C=C2\NC(=O)NC2=O)cc1Br. The van der Waals surface area contributed by atoms with Gasteiger partial charge in [0.25, 0.3) is 5.91 Å². The van der Waals surface area contributed by atoms with Crippen LogP contribution in [0.1, 0.15) is 5.56 Å². The third kappa shape index (κ3) is 3.86. The van der Waals surface area contributed by atoms with Gasteiger partial charge in [-0.05, 0) is 55.6 Å². The minimum Gasteiger partial charge on any atom is -0.480 e. The highest BCUT2D eigenvalue weighted by Gasteiger charge is 2.23. The maximum atomic E-state index is 11.5. The highest BCUT2D eigenvalue weighted by atomic mass is 79.9. The molecule has 0 aromatic heterocycles. The number of esters is 1. The normalized spacial score (nSPS) is 15.5. The molecule has 1 fully saturated rings. The predicted molar refractivity (Wildman–Crippen MR) is 84.0 cm³/mol. The molecule has 1 saturated heterocycles. The minimum atomic E-state index is -0.563. The second-order valence-electron chi connectivity index (χ2n) is 4.14. The van der Waals surface area contributed by atoms with Gasteiger partial charge in [-0.3, -0.25) is 10.1 Å². The Morgan fingerprint density at radius 2 is 1.86 bits per heavy atom. The molecule has 3 amide bonds. The minimum absolute atomic E-state index is 0.145. The number of nitrogens with one attached hydrogen (secondary N) is 2. The number of hydrogen-bond acceptors (Lipinski definition) is 5. The standard InChI is InChI=1S/C13H10Br2N2O5/c1-21-10(18)5-22-11-7(14)2-6(3-8(11)15)4-9-12(19)17-13(20)16-9/h2-4H,5H2,1H3,(H2,16,17,19,20)/b9-4-. The highest BCUT2D eigenvalue weighted by molar-refractivity contribution is 9.11. The molecule has 0 bridgehead atoms. The smallest absolute Gasteiger partial charge is 0.343 e. The molecule has 1 aromatic carbocycles. The molecular formula is C13H10Br2N2O5. The van der Waals surface area contributed by atoms with Crippen LogP contribution in [-0.2, 0) is 14.3 Å². The van der Waals surface area contributed by atoms with Crippen LogP contribution in [0.25, 0.3) is 6.08 Å². The maximum Gasteiger partial charge on any atom is 0.343 e. The number of halogens is 2. The zero-order valence-electron chi connectivity index (χ0n) is 11.2. The molecule has 7 nitrogen and oxygen atoms in total. The fourth-order valence-electron chi connectivity index (χ4n) is 1.64. The van der Waals surface area contributed by atoms with Gasteiger partial charge >= 0.3 is 12.0 Å². The van der Waals surface area contributed by atoms with Crippen molar-refractivity contribution in [1.29, 1.82) is 0 Å². The zero-order valence-corrected chi connectivity index (χ0v) is 14.4. The summed E-state index contributed by atoms with van der Waals surface area (Å²) >= 11 is 6.64. The molecule has 22 heavy (non-hydrogen) atoms. The molecule has 2 N–H and O–H groups in total. The van der Waals surface area contributed by atoms with E-state index in [1.54, 1.807) is 12.1 Å². The second-order valence-corrected chi connectivity index (χ2v) is 5.85. The first-order valence-corrected chi connectivity index (χ1v) is 7.52. The molecule has 1 heterocycles. The van der Waals surface area contributed by atoms with Crippen LogP contribution >= 0.6 is 31.9 Å². The van der Waals surface area contributed by atoms with Crippen molar-refractivity contribution in [3.8, 4) is 5.75 Å². The van der Waals surface area contributed by atoms with E-state index in [1.807, 2.05) is 0 Å². The number of carbonyl (C=O) groups excluding carboxylic acids is 3. The van der Waals surface area contributed by atoms with Crippen molar-refractivity contribution in [3.63, 3.8) is 0 Å². The van der Waals surface area contributed by atoms with Crippen LogP contribution in [0.15, 0.2) is 26.8 Å². The Labute approximate surface area is 142 Å². The van der Waals surface area contributed by atoms with E-state index in [4.69, 9.17) is 4.74 Å². The van der Waals surface area contributed by atoms with Crippen LogP contribution in [0, 0.1) is 0 Å². The topological polar surface area (TPSA) is 93.7 Å². The van der Waals surface area contributed by atoms with Gasteiger partial charge in [0.2, 0.25) is 0 Å². The number of methoxy groups -OCH3 is 1. The molecular weight excluding hydrogens is 424 g/mol. The maximum absolute atomic E-state index is 11.5. The van der Waals surface area contributed by atoms with E-state index in [0.717, 1.165) is 0 Å². The van der Waals surface area contributed by atoms with Crippen LogP contribution in [0.3, 0.4) is 0 Å². The van der Waals surface area contributed by atoms with Crippen LogP contribution < -0.4 is 15.4 Å². The van der Waals surface area contributed by atoms with Gasteiger partial charge in [-0.15, -0.1) is 0 Å². The van der Waals surface area contributed by atoms with Crippen molar-refractivity contribution in [2.45, 2.75) is 0 Å². The molecule has 1 aromatic rings. The summed E-state index contributed by atoms with van der Waals surface area (Å²) in [5, 5.41) is 4.50. The van der Waals surface area contributed by atoms with E-state index in [9.17, 15) is 14.4 Å². The average molecular weight is 434 g/mol. The number of carbonyl (C=O) groups is 3. The Morgan fingerprint density at radius 1 is 1.23 bits per heavy atom. The van der Waals surface area contributed by atoms with Crippen LogP contribution in [0.2, 0.25) is 0 Å². The summed E-state index contributed by atoms with van der Waals surface area (Å²) in [5.74, 6) is -0.578. The molecule has 116 valence electrons. The number of ether oxygens (including phenoxy) is 2. The fourth-order valence-corrected chi connectivity index (χ4v) is 3.09. The zero-order chi connectivity index (χ0) is 16.3. The number of rotatable bonds is 4. The molecule has 0 spiro atoms. The average Bonchev–Trinajstić information content (AvgIpc) is 2.75. The van der Waals surface area contributed by atoms with Crippen molar-refractivity contribution >= 4 is 55.8 Å². The molecule has 9 heteroatoms. The molecule has 0 unspecified atom stereocenters. The quantitative estimate of drug-likeness (QED) is 0.430. The summed E-state index contributed by atoms with van der Waals surface area (Å²) in [5.41, 5.74) is 0.795. The lowest BCUT2D eigenvalue weighted by atomic mass is 10.2. The number of amides is 3. The predicted octanol–water partition coefficient (Wildman–Crippen LogP) is 1.94. The lowest BCUT2D eigenvalue weighted by Crippen LogP contribution is -2.22. The number of urea groups is 1. The third-order valence-electron chi connectivity index (χ3n) is 2.61. The van der Waals surface area contributed by atoms with E-state index in [-0.39, 0.29) is 12.3 Å². The Balaban J connectivity index is 2.23. The van der Waals surface area contributed by atoms with E-state index in [1.165, 1.54) is 13.2 Å². The number of imide groups is 1. The lowest BCUT2D eigenvalue weighted by molar-refractivity contribution is -0.142. The van der Waals surface area contributed by atoms with E-state index in [0.29, 0.717) is 20.3 Å². The Kier molecular flexibility index (Phi) is 5.19. The third-order valence-corrected chi connectivity index (χ3v) is 3.79. The van der Waals surface area contributed by atoms with Gasteiger partial charge in [0.1, 0.15) is 11.4 Å². The van der Waals surface area contributed by atoms with Gasteiger partial charge in [0.15, 0.2) is 6.61 Å². The van der Waals surface area contributed by atoms with Crippen LogP contribution in [-0.4, -0.2) is 31.6 Å². The van der Waals surface area contributed by atoms with Gasteiger partial charge < -0.3 is 14.8 Å². The van der Waals surface area contributed by atoms with Crippen molar-refractivity contribution in [2.24, 2.45) is 0 Å². The Hall–Kier alpha value is -1.87. The molecule has 0 aliphatic carbocycles. The first kappa shape index (κ1) is 16.5. The fraction of sp³-hybridized carbons (Fsp3) is 0.154. The summed E-state index contributed by atoms with van der Waals surface area (Å²) < 4.78 is 11.0. The van der Waals surface area contributed by atoms with Crippen molar-refractivity contribution in [2.75, 3.05) is 13.7 Å². The first-order valence-electron chi connectivity index (χ1n) is 5.93. The molecule has 1 aliphatic rings. The van der Waals surface area contributed by atoms with E-state index < -0.39 is 17.9 Å². The van der Waals surface area contributed by atoms with Crippen molar-refractivity contribution in [1.82, 2.24) is 10.6 Å². The van der Waals surface area contributed by atoms with Gasteiger partial charge in [-0.25, -0.2) is 9.59 Å². The molecule has 0 radical (unpaired) electrons. The largest absolute Gasteiger partial charge is 0.480 e. The van der Waals surface area contributed by atoms with Gasteiger partial charge in [-0.1, -0.05) is 0 Å². The molecule has 0 saturated carbocycles. The summed E-state index contributed by atoms with van der Waals surface area (Å²) in [6.45, 7) is -0.230. The second kappa shape index (κ2) is 6.93. The molecule has 1 aliphatic heterocycles. The van der Waals surface area contributed by atoms with Crippen molar-refractivity contribution in [3.05, 3.63) is 32.3 Å². The highest BCUT2D eigenvalue weighted by Crippen LogP contribution is 2.35.